The summed E-state index contributed by atoms with van der Waals surface area (Å²) in [5.74, 6) is 2.66. The molecule has 18 heavy (non-hydrogen) atoms. The maximum Gasteiger partial charge on any atom is 0.0112 e. The SMILES string of the molecule is CCNC1CCN(CCN2CCSCC2)C(C)C1. The lowest BCUT2D eigenvalue weighted by molar-refractivity contribution is 0.120. The molecule has 0 bridgehead atoms. The summed E-state index contributed by atoms with van der Waals surface area (Å²) in [5, 5.41) is 3.60. The van der Waals surface area contributed by atoms with E-state index in [1.165, 1.54) is 57.1 Å². The molecule has 0 aliphatic carbocycles. The molecular formula is C14H29N3S. The molecule has 2 aliphatic rings. The summed E-state index contributed by atoms with van der Waals surface area (Å²) in [7, 11) is 0. The fourth-order valence-corrected chi connectivity index (χ4v) is 4.10. The fraction of sp³-hybridized carbons (Fsp3) is 1.00. The number of nitrogens with one attached hydrogen (secondary N) is 1. The summed E-state index contributed by atoms with van der Waals surface area (Å²) < 4.78 is 0. The van der Waals surface area contributed by atoms with E-state index in [1.54, 1.807) is 0 Å². The monoisotopic (exact) mass is 271 g/mol. The minimum absolute atomic E-state index is 0.752. The largest absolute Gasteiger partial charge is 0.314 e. The van der Waals surface area contributed by atoms with Crippen molar-refractivity contribution in [3.8, 4) is 0 Å². The first-order chi connectivity index (χ1) is 8.79. The Bertz CT molecular complexity index is 231. The Kier molecular flexibility index (Phi) is 6.29. The van der Waals surface area contributed by atoms with E-state index in [1.807, 2.05) is 0 Å². The van der Waals surface area contributed by atoms with Crippen molar-refractivity contribution in [2.24, 2.45) is 0 Å². The van der Waals surface area contributed by atoms with Crippen LogP contribution in [0.5, 0.6) is 0 Å². The highest BCUT2D eigenvalue weighted by Gasteiger charge is 2.24. The Balaban J connectivity index is 1.67. The van der Waals surface area contributed by atoms with Gasteiger partial charge in [-0.3, -0.25) is 4.90 Å². The first-order valence-corrected chi connectivity index (χ1v) is 8.72. The molecule has 0 aromatic heterocycles. The lowest BCUT2D eigenvalue weighted by Gasteiger charge is -2.39. The van der Waals surface area contributed by atoms with Crippen LogP contribution >= 0.6 is 11.8 Å². The highest BCUT2D eigenvalue weighted by molar-refractivity contribution is 7.99. The third kappa shape index (κ3) is 4.41. The average molecular weight is 271 g/mol. The predicted octanol–water partition coefficient (Wildman–Crippen LogP) is 1.50. The molecule has 2 heterocycles. The van der Waals surface area contributed by atoms with Crippen molar-refractivity contribution in [3.05, 3.63) is 0 Å². The van der Waals surface area contributed by atoms with Gasteiger partial charge in [0.15, 0.2) is 0 Å². The second-order valence-corrected chi connectivity index (χ2v) is 6.84. The van der Waals surface area contributed by atoms with Crippen LogP contribution in [0.15, 0.2) is 0 Å². The van der Waals surface area contributed by atoms with Crippen LogP contribution in [0, 0.1) is 0 Å². The second-order valence-electron chi connectivity index (χ2n) is 5.62. The van der Waals surface area contributed by atoms with Crippen LogP contribution in [0.4, 0.5) is 0 Å². The number of nitrogens with zero attached hydrogens (tertiary/aromatic N) is 2. The lowest BCUT2D eigenvalue weighted by Crippen LogP contribution is -2.50. The van der Waals surface area contributed by atoms with Gasteiger partial charge in [-0.05, 0) is 32.9 Å². The van der Waals surface area contributed by atoms with Crippen LogP contribution in [0.3, 0.4) is 0 Å². The van der Waals surface area contributed by atoms with Crippen LogP contribution in [0.1, 0.15) is 26.7 Å². The van der Waals surface area contributed by atoms with Crippen molar-refractivity contribution >= 4 is 11.8 Å². The molecule has 2 saturated heterocycles. The molecule has 2 fully saturated rings. The van der Waals surface area contributed by atoms with Crippen molar-refractivity contribution in [1.82, 2.24) is 15.1 Å². The van der Waals surface area contributed by atoms with E-state index < -0.39 is 0 Å². The van der Waals surface area contributed by atoms with E-state index >= 15 is 0 Å². The highest BCUT2D eigenvalue weighted by Crippen LogP contribution is 2.17. The summed E-state index contributed by atoms with van der Waals surface area (Å²) in [4.78, 5) is 5.33. The number of thioether (sulfide) groups is 1. The Labute approximate surface area is 117 Å². The van der Waals surface area contributed by atoms with Crippen molar-refractivity contribution in [2.75, 3.05) is 50.8 Å². The molecule has 0 radical (unpaired) electrons. The second kappa shape index (κ2) is 7.73. The molecule has 4 heteroatoms. The molecule has 3 nitrogen and oxygen atoms in total. The summed E-state index contributed by atoms with van der Waals surface area (Å²) in [6, 6.07) is 1.51. The standard InChI is InChI=1S/C14H29N3S/c1-3-15-14-4-5-17(13(2)12-14)7-6-16-8-10-18-11-9-16/h13-15H,3-12H2,1-2H3. The number of likely N-dealkylation sites (tertiary alicyclic amines) is 1. The van der Waals surface area contributed by atoms with E-state index in [0.29, 0.717) is 0 Å². The molecule has 1 N–H and O–H groups in total. The van der Waals surface area contributed by atoms with E-state index in [2.05, 4.69) is 40.7 Å². The van der Waals surface area contributed by atoms with Gasteiger partial charge in [0.05, 0.1) is 0 Å². The third-order valence-corrected chi connectivity index (χ3v) is 5.26. The van der Waals surface area contributed by atoms with Gasteiger partial charge in [0.2, 0.25) is 0 Å². The number of rotatable bonds is 5. The van der Waals surface area contributed by atoms with Crippen LogP contribution in [-0.4, -0.2) is 72.7 Å². The van der Waals surface area contributed by atoms with E-state index in [9.17, 15) is 0 Å². The van der Waals surface area contributed by atoms with Gasteiger partial charge in [0.1, 0.15) is 0 Å². The van der Waals surface area contributed by atoms with Crippen molar-refractivity contribution < 1.29 is 0 Å². The van der Waals surface area contributed by atoms with Crippen LogP contribution in [0.25, 0.3) is 0 Å². The zero-order valence-corrected chi connectivity index (χ0v) is 12.8. The molecular weight excluding hydrogens is 242 g/mol. The van der Waals surface area contributed by atoms with Gasteiger partial charge in [-0.25, -0.2) is 0 Å². The predicted molar refractivity (Wildman–Crippen MR) is 81.5 cm³/mol. The molecule has 0 saturated carbocycles. The van der Waals surface area contributed by atoms with Gasteiger partial charge in [0.25, 0.3) is 0 Å². The smallest absolute Gasteiger partial charge is 0.0112 e. The topological polar surface area (TPSA) is 18.5 Å². The minimum Gasteiger partial charge on any atom is -0.314 e. The molecule has 2 rings (SSSR count). The minimum atomic E-state index is 0.752. The molecule has 0 aromatic rings. The summed E-state index contributed by atoms with van der Waals surface area (Å²) >= 11 is 2.10. The zero-order valence-electron chi connectivity index (χ0n) is 12.0. The number of piperidine rings is 1. The molecule has 106 valence electrons. The van der Waals surface area contributed by atoms with Crippen molar-refractivity contribution in [1.29, 1.82) is 0 Å². The normalized spacial score (nSPS) is 31.7. The van der Waals surface area contributed by atoms with E-state index in [4.69, 9.17) is 0 Å². The van der Waals surface area contributed by atoms with Crippen LogP contribution in [0.2, 0.25) is 0 Å². The molecule has 2 unspecified atom stereocenters. The van der Waals surface area contributed by atoms with Gasteiger partial charge >= 0.3 is 0 Å². The Morgan fingerprint density at radius 3 is 2.61 bits per heavy atom. The summed E-state index contributed by atoms with van der Waals surface area (Å²) in [6.07, 6.45) is 2.65. The Morgan fingerprint density at radius 1 is 1.17 bits per heavy atom. The maximum atomic E-state index is 3.60. The van der Waals surface area contributed by atoms with Gasteiger partial charge in [-0.2, -0.15) is 11.8 Å². The van der Waals surface area contributed by atoms with Gasteiger partial charge in [0, 0.05) is 49.8 Å². The molecule has 0 amide bonds. The van der Waals surface area contributed by atoms with E-state index in [-0.39, 0.29) is 0 Å². The molecule has 0 aromatic carbocycles. The van der Waals surface area contributed by atoms with Crippen LogP contribution < -0.4 is 5.32 Å². The third-order valence-electron chi connectivity index (χ3n) is 4.31. The van der Waals surface area contributed by atoms with Crippen molar-refractivity contribution in [3.63, 3.8) is 0 Å². The maximum absolute atomic E-state index is 3.60. The highest BCUT2D eigenvalue weighted by atomic mass is 32.2. The summed E-state index contributed by atoms with van der Waals surface area (Å²) in [6.45, 7) is 12.1. The number of hydrogen-bond donors (Lipinski definition) is 1. The molecule has 2 aliphatic heterocycles. The Morgan fingerprint density at radius 2 is 1.94 bits per heavy atom. The first-order valence-electron chi connectivity index (χ1n) is 7.57. The van der Waals surface area contributed by atoms with Gasteiger partial charge < -0.3 is 10.2 Å². The van der Waals surface area contributed by atoms with Crippen LogP contribution in [-0.2, 0) is 0 Å². The fourth-order valence-electron chi connectivity index (χ4n) is 3.12. The lowest BCUT2D eigenvalue weighted by atomic mass is 9.98. The molecule has 2 atom stereocenters. The first kappa shape index (κ1) is 14.6. The van der Waals surface area contributed by atoms with Gasteiger partial charge in [-0.1, -0.05) is 6.92 Å². The van der Waals surface area contributed by atoms with Crippen molar-refractivity contribution in [2.45, 2.75) is 38.8 Å². The average Bonchev–Trinajstić information content (AvgIpc) is 2.39. The number of hydrogen-bond acceptors (Lipinski definition) is 4. The van der Waals surface area contributed by atoms with Gasteiger partial charge in [-0.15, -0.1) is 0 Å². The zero-order chi connectivity index (χ0) is 12.8. The quantitative estimate of drug-likeness (QED) is 0.816. The van der Waals surface area contributed by atoms with E-state index in [0.717, 1.165) is 18.6 Å². The Hall–Kier alpha value is 0.230. The summed E-state index contributed by atoms with van der Waals surface area (Å²) in [5.41, 5.74) is 0. The molecule has 0 spiro atoms.